The van der Waals surface area contributed by atoms with Gasteiger partial charge < -0.3 is 9.64 Å². The van der Waals surface area contributed by atoms with Gasteiger partial charge in [0.25, 0.3) is 5.91 Å². The molecule has 0 unspecified atom stereocenters. The summed E-state index contributed by atoms with van der Waals surface area (Å²) in [5, 5.41) is 2.30. The summed E-state index contributed by atoms with van der Waals surface area (Å²) >= 11 is 0. The van der Waals surface area contributed by atoms with Gasteiger partial charge in [0.05, 0.1) is 0 Å². The fourth-order valence-corrected chi connectivity index (χ4v) is 2.98. The van der Waals surface area contributed by atoms with Crippen molar-refractivity contribution in [2.75, 3.05) is 32.8 Å². The van der Waals surface area contributed by atoms with E-state index >= 15 is 0 Å². The minimum atomic E-state index is 0.0709. The van der Waals surface area contributed by atoms with Crippen LogP contribution in [-0.2, 0) is 4.79 Å². The van der Waals surface area contributed by atoms with Crippen LogP contribution in [0.4, 0.5) is 0 Å². The molecule has 0 bridgehead atoms. The number of piperazine rings is 1. The van der Waals surface area contributed by atoms with Crippen LogP contribution in [0.5, 0.6) is 5.75 Å². The molecule has 0 atom stereocenters. The predicted molar refractivity (Wildman–Crippen MR) is 92.7 cm³/mol. The molecule has 1 saturated heterocycles. The third-order valence-corrected chi connectivity index (χ3v) is 4.48. The Morgan fingerprint density at radius 2 is 1.74 bits per heavy atom. The smallest absolute Gasteiger partial charge is 0.260 e. The number of ether oxygens (including phenoxy) is 1. The lowest BCUT2D eigenvalue weighted by Gasteiger charge is -2.36. The Morgan fingerprint density at radius 1 is 1.04 bits per heavy atom. The van der Waals surface area contributed by atoms with Crippen LogP contribution in [0.1, 0.15) is 13.8 Å². The molecule has 122 valence electrons. The van der Waals surface area contributed by atoms with E-state index in [9.17, 15) is 4.79 Å². The molecule has 23 heavy (non-hydrogen) atoms. The van der Waals surface area contributed by atoms with E-state index in [0.29, 0.717) is 6.04 Å². The van der Waals surface area contributed by atoms with E-state index in [1.165, 1.54) is 5.39 Å². The fraction of sp³-hybridized carbons (Fsp3) is 0.421. The molecule has 1 heterocycles. The zero-order valence-electron chi connectivity index (χ0n) is 13.9. The normalized spacial score (nSPS) is 16.0. The molecule has 1 aliphatic heterocycles. The minimum absolute atomic E-state index is 0.0709. The second-order valence-corrected chi connectivity index (χ2v) is 6.31. The monoisotopic (exact) mass is 312 g/mol. The molecule has 1 aliphatic rings. The number of hydrogen-bond acceptors (Lipinski definition) is 3. The maximum atomic E-state index is 12.3. The highest BCUT2D eigenvalue weighted by molar-refractivity contribution is 5.84. The lowest BCUT2D eigenvalue weighted by molar-refractivity contribution is -0.135. The lowest BCUT2D eigenvalue weighted by Crippen LogP contribution is -2.51. The second-order valence-electron chi connectivity index (χ2n) is 6.31. The third kappa shape index (κ3) is 3.82. The van der Waals surface area contributed by atoms with Crippen molar-refractivity contribution in [3.8, 4) is 5.75 Å². The molecule has 4 nitrogen and oxygen atoms in total. The Hall–Kier alpha value is -2.07. The van der Waals surface area contributed by atoms with Gasteiger partial charge in [-0.05, 0) is 36.8 Å². The van der Waals surface area contributed by atoms with Crippen molar-refractivity contribution >= 4 is 16.7 Å². The largest absolute Gasteiger partial charge is 0.484 e. The van der Waals surface area contributed by atoms with Gasteiger partial charge in [0.15, 0.2) is 6.61 Å². The van der Waals surface area contributed by atoms with E-state index in [0.717, 1.165) is 37.3 Å². The van der Waals surface area contributed by atoms with Crippen LogP contribution in [0, 0.1) is 0 Å². The van der Waals surface area contributed by atoms with Crippen molar-refractivity contribution in [2.45, 2.75) is 19.9 Å². The zero-order valence-corrected chi connectivity index (χ0v) is 13.9. The first-order valence-corrected chi connectivity index (χ1v) is 8.27. The first-order chi connectivity index (χ1) is 11.1. The number of hydrogen-bond donors (Lipinski definition) is 0. The molecule has 3 rings (SSSR count). The SMILES string of the molecule is CC(C)N1CCN(C(=O)COc2ccc3ccccc3c2)CC1. The maximum Gasteiger partial charge on any atom is 0.260 e. The van der Waals surface area contributed by atoms with E-state index in [4.69, 9.17) is 4.74 Å². The third-order valence-electron chi connectivity index (χ3n) is 4.48. The quantitative estimate of drug-likeness (QED) is 0.870. The van der Waals surface area contributed by atoms with Crippen LogP contribution >= 0.6 is 0 Å². The summed E-state index contributed by atoms with van der Waals surface area (Å²) < 4.78 is 5.70. The van der Waals surface area contributed by atoms with Crippen LogP contribution in [-0.4, -0.2) is 54.5 Å². The molecule has 1 fully saturated rings. The molecule has 0 radical (unpaired) electrons. The highest BCUT2D eigenvalue weighted by atomic mass is 16.5. The Labute approximate surface area is 137 Å². The van der Waals surface area contributed by atoms with Crippen molar-refractivity contribution in [3.05, 3.63) is 42.5 Å². The number of nitrogens with zero attached hydrogens (tertiary/aromatic N) is 2. The van der Waals surface area contributed by atoms with E-state index < -0.39 is 0 Å². The van der Waals surface area contributed by atoms with Crippen molar-refractivity contribution in [1.29, 1.82) is 0 Å². The summed E-state index contributed by atoms with van der Waals surface area (Å²) in [6, 6.07) is 14.6. The number of carbonyl (C=O) groups excluding carboxylic acids is 1. The highest BCUT2D eigenvalue weighted by Gasteiger charge is 2.22. The van der Waals surface area contributed by atoms with Crippen molar-refractivity contribution in [2.24, 2.45) is 0 Å². The van der Waals surface area contributed by atoms with Gasteiger partial charge in [-0.15, -0.1) is 0 Å². The molecular formula is C19H24N2O2. The fourth-order valence-electron chi connectivity index (χ4n) is 2.98. The molecule has 4 heteroatoms. The van der Waals surface area contributed by atoms with Crippen molar-refractivity contribution in [3.63, 3.8) is 0 Å². The summed E-state index contributed by atoms with van der Waals surface area (Å²) in [5.41, 5.74) is 0. The first-order valence-electron chi connectivity index (χ1n) is 8.27. The van der Waals surface area contributed by atoms with Crippen molar-refractivity contribution < 1.29 is 9.53 Å². The average Bonchev–Trinajstić information content (AvgIpc) is 2.59. The minimum Gasteiger partial charge on any atom is -0.484 e. The molecule has 0 aromatic heterocycles. The van der Waals surface area contributed by atoms with Gasteiger partial charge in [0.2, 0.25) is 0 Å². The Bertz CT molecular complexity index is 676. The maximum absolute atomic E-state index is 12.3. The first kappa shape index (κ1) is 15.8. The van der Waals surface area contributed by atoms with Gasteiger partial charge in [0, 0.05) is 32.2 Å². The average molecular weight is 312 g/mol. The molecule has 2 aromatic rings. The number of carbonyl (C=O) groups is 1. The van der Waals surface area contributed by atoms with E-state index in [-0.39, 0.29) is 12.5 Å². The molecule has 2 aromatic carbocycles. The summed E-state index contributed by atoms with van der Waals surface area (Å²) in [5.74, 6) is 0.819. The number of fused-ring (bicyclic) bond motifs is 1. The Kier molecular flexibility index (Phi) is 4.82. The van der Waals surface area contributed by atoms with E-state index in [1.807, 2.05) is 35.2 Å². The number of amides is 1. The van der Waals surface area contributed by atoms with Crippen LogP contribution < -0.4 is 4.74 Å². The number of rotatable bonds is 4. The molecule has 0 saturated carbocycles. The molecular weight excluding hydrogens is 288 g/mol. The van der Waals surface area contributed by atoms with Crippen LogP contribution in [0.3, 0.4) is 0 Å². The summed E-state index contributed by atoms with van der Waals surface area (Å²) in [4.78, 5) is 16.6. The van der Waals surface area contributed by atoms with Crippen LogP contribution in [0.15, 0.2) is 42.5 Å². The van der Waals surface area contributed by atoms with Gasteiger partial charge in [0.1, 0.15) is 5.75 Å². The van der Waals surface area contributed by atoms with Crippen LogP contribution in [0.25, 0.3) is 10.8 Å². The highest BCUT2D eigenvalue weighted by Crippen LogP contribution is 2.20. The molecule has 1 amide bonds. The second kappa shape index (κ2) is 7.01. The molecule has 0 spiro atoms. The zero-order chi connectivity index (χ0) is 16.2. The molecule has 0 N–H and O–H groups in total. The van der Waals surface area contributed by atoms with Gasteiger partial charge >= 0.3 is 0 Å². The van der Waals surface area contributed by atoms with Gasteiger partial charge in [-0.2, -0.15) is 0 Å². The van der Waals surface area contributed by atoms with Gasteiger partial charge in [-0.3, -0.25) is 9.69 Å². The number of benzene rings is 2. The topological polar surface area (TPSA) is 32.8 Å². The Balaban J connectivity index is 1.54. The summed E-state index contributed by atoms with van der Waals surface area (Å²) in [6.07, 6.45) is 0. The summed E-state index contributed by atoms with van der Waals surface area (Å²) in [6.45, 7) is 7.97. The van der Waals surface area contributed by atoms with Gasteiger partial charge in [-0.25, -0.2) is 0 Å². The van der Waals surface area contributed by atoms with Crippen molar-refractivity contribution in [1.82, 2.24) is 9.80 Å². The summed E-state index contributed by atoms with van der Waals surface area (Å²) in [7, 11) is 0. The predicted octanol–water partition coefficient (Wildman–Crippen LogP) is 2.77. The molecule has 0 aliphatic carbocycles. The van der Waals surface area contributed by atoms with Gasteiger partial charge in [-0.1, -0.05) is 30.3 Å². The standard InChI is InChI=1S/C19H24N2O2/c1-15(2)20-9-11-21(12-10-20)19(22)14-23-18-8-7-16-5-3-4-6-17(16)13-18/h3-8,13,15H,9-12,14H2,1-2H3. The lowest BCUT2D eigenvalue weighted by atomic mass is 10.1. The van der Waals surface area contributed by atoms with E-state index in [2.05, 4.69) is 30.9 Å². The Morgan fingerprint density at radius 3 is 2.43 bits per heavy atom. The van der Waals surface area contributed by atoms with Crippen LogP contribution in [0.2, 0.25) is 0 Å². The van der Waals surface area contributed by atoms with E-state index in [1.54, 1.807) is 0 Å².